The second-order valence-corrected chi connectivity index (χ2v) is 7.03. The fraction of sp³-hybridized carbons (Fsp3) is 0.263. The molecule has 1 atom stereocenters. The average Bonchev–Trinajstić information content (AvgIpc) is 2.65. The van der Waals surface area contributed by atoms with Gasteiger partial charge >= 0.3 is 5.97 Å². The lowest BCUT2D eigenvalue weighted by Crippen LogP contribution is -2.21. The Morgan fingerprint density at radius 3 is 2.30 bits per heavy atom. The number of carbonyl (C=O) groups is 1. The summed E-state index contributed by atoms with van der Waals surface area (Å²) in [5, 5.41) is 3.84. The molecule has 0 fully saturated rings. The van der Waals surface area contributed by atoms with Gasteiger partial charge in [-0.2, -0.15) is 0 Å². The zero-order valence-corrected chi connectivity index (χ0v) is 18.2. The van der Waals surface area contributed by atoms with Crippen LogP contribution in [0, 0.1) is 0 Å². The van der Waals surface area contributed by atoms with E-state index in [9.17, 15) is 4.79 Å². The van der Waals surface area contributed by atoms with Crippen LogP contribution in [0.1, 0.15) is 19.4 Å². The molecule has 0 aromatic heterocycles. The second-order valence-electron chi connectivity index (χ2n) is 5.33. The molecule has 0 heterocycles. The van der Waals surface area contributed by atoms with E-state index in [0.717, 1.165) is 20.3 Å². The van der Waals surface area contributed by atoms with Gasteiger partial charge in [0.25, 0.3) is 0 Å². The minimum Gasteiger partial charge on any atom is -0.497 e. The van der Waals surface area contributed by atoms with Gasteiger partial charge < -0.3 is 19.0 Å². The highest BCUT2D eigenvalue weighted by Crippen LogP contribution is 2.37. The van der Waals surface area contributed by atoms with Gasteiger partial charge in [0.15, 0.2) is 5.75 Å². The molecular formula is C19H19Br2NO5. The molecule has 0 aliphatic carbocycles. The molecule has 0 N–H and O–H groups in total. The summed E-state index contributed by atoms with van der Waals surface area (Å²) in [6.45, 7) is 3.61. The smallest absolute Gasteiger partial charge is 0.349 e. The summed E-state index contributed by atoms with van der Waals surface area (Å²) in [6.07, 6.45) is 0.730. The lowest BCUT2D eigenvalue weighted by molar-refractivity contribution is -0.155. The van der Waals surface area contributed by atoms with E-state index in [1.54, 1.807) is 21.0 Å². The minimum atomic E-state index is -0.772. The number of halogens is 2. The van der Waals surface area contributed by atoms with Crippen molar-refractivity contribution in [3.05, 3.63) is 50.9 Å². The molecule has 144 valence electrons. The van der Waals surface area contributed by atoms with Gasteiger partial charge in [-0.15, -0.1) is 0 Å². The van der Waals surface area contributed by atoms with Crippen molar-refractivity contribution < 1.29 is 23.8 Å². The SMILES string of the molecule is CCOC(=O)C(C)O/N=C\c1cc(Br)c(Oc2ccc(OC)cc2)c(Br)c1. The number of rotatable bonds is 8. The number of hydrogen-bond donors (Lipinski definition) is 0. The lowest BCUT2D eigenvalue weighted by Gasteiger charge is -2.11. The molecule has 6 nitrogen and oxygen atoms in total. The van der Waals surface area contributed by atoms with Crippen LogP contribution in [0.4, 0.5) is 0 Å². The second kappa shape index (κ2) is 10.3. The summed E-state index contributed by atoms with van der Waals surface area (Å²) in [4.78, 5) is 16.6. The molecule has 2 aromatic rings. The Bertz CT molecular complexity index is 785. The van der Waals surface area contributed by atoms with Crippen LogP contribution >= 0.6 is 31.9 Å². The highest BCUT2D eigenvalue weighted by Gasteiger charge is 2.15. The fourth-order valence-electron chi connectivity index (χ4n) is 2.00. The maximum absolute atomic E-state index is 11.5. The van der Waals surface area contributed by atoms with Gasteiger partial charge in [-0.3, -0.25) is 0 Å². The molecule has 0 saturated carbocycles. The van der Waals surface area contributed by atoms with Crippen molar-refractivity contribution in [1.82, 2.24) is 0 Å². The van der Waals surface area contributed by atoms with Crippen LogP contribution < -0.4 is 9.47 Å². The standard InChI is InChI=1S/C19H19Br2NO5/c1-4-25-19(23)12(2)27-22-11-13-9-16(20)18(17(21)10-13)26-15-7-5-14(24-3)6-8-15/h5-12H,4H2,1-3H3/b22-11-. The first kappa shape index (κ1) is 21.2. The van der Waals surface area contributed by atoms with E-state index in [2.05, 4.69) is 37.0 Å². The number of carbonyl (C=O) groups excluding carboxylic acids is 1. The maximum atomic E-state index is 11.5. The van der Waals surface area contributed by atoms with E-state index in [4.69, 9.17) is 19.0 Å². The van der Waals surface area contributed by atoms with Crippen LogP contribution in [0.2, 0.25) is 0 Å². The number of ether oxygens (including phenoxy) is 3. The first-order valence-electron chi connectivity index (χ1n) is 8.11. The maximum Gasteiger partial charge on any atom is 0.349 e. The monoisotopic (exact) mass is 499 g/mol. The van der Waals surface area contributed by atoms with Gasteiger partial charge in [-0.05, 0) is 87.7 Å². The zero-order chi connectivity index (χ0) is 19.8. The summed E-state index contributed by atoms with van der Waals surface area (Å²) >= 11 is 6.98. The molecule has 27 heavy (non-hydrogen) atoms. The molecule has 8 heteroatoms. The Balaban J connectivity index is 2.07. The number of hydrogen-bond acceptors (Lipinski definition) is 6. The summed E-state index contributed by atoms with van der Waals surface area (Å²) < 4.78 is 17.4. The van der Waals surface area contributed by atoms with Gasteiger partial charge in [-0.1, -0.05) is 5.16 Å². The first-order chi connectivity index (χ1) is 12.9. The molecule has 2 rings (SSSR count). The molecule has 0 spiro atoms. The highest BCUT2D eigenvalue weighted by atomic mass is 79.9. The molecule has 0 aliphatic rings. The van der Waals surface area contributed by atoms with Gasteiger partial charge in [0.05, 0.1) is 28.9 Å². The van der Waals surface area contributed by atoms with Crippen molar-refractivity contribution in [1.29, 1.82) is 0 Å². The van der Waals surface area contributed by atoms with E-state index in [1.807, 2.05) is 36.4 Å². The topological polar surface area (TPSA) is 66.4 Å². The minimum absolute atomic E-state index is 0.297. The van der Waals surface area contributed by atoms with Crippen molar-refractivity contribution in [3.63, 3.8) is 0 Å². The van der Waals surface area contributed by atoms with E-state index < -0.39 is 12.1 Å². The Labute approximate surface area is 174 Å². The molecular weight excluding hydrogens is 482 g/mol. The third kappa shape index (κ3) is 6.25. The predicted molar refractivity (Wildman–Crippen MR) is 110 cm³/mol. The normalized spacial score (nSPS) is 11.9. The van der Waals surface area contributed by atoms with Crippen LogP contribution in [0.5, 0.6) is 17.2 Å². The number of nitrogens with zero attached hydrogens (tertiary/aromatic N) is 1. The summed E-state index contributed by atoms with van der Waals surface area (Å²) in [5.74, 6) is 1.59. The van der Waals surface area contributed by atoms with Crippen molar-refractivity contribution >= 4 is 44.0 Å². The van der Waals surface area contributed by atoms with Crippen molar-refractivity contribution in [3.8, 4) is 17.2 Å². The lowest BCUT2D eigenvalue weighted by atomic mass is 10.2. The highest BCUT2D eigenvalue weighted by molar-refractivity contribution is 9.11. The third-order valence-corrected chi connectivity index (χ3v) is 4.52. The van der Waals surface area contributed by atoms with Gasteiger partial charge in [0, 0.05) is 0 Å². The largest absolute Gasteiger partial charge is 0.497 e. The van der Waals surface area contributed by atoms with Crippen LogP contribution in [0.15, 0.2) is 50.5 Å². The molecule has 0 radical (unpaired) electrons. The molecule has 0 amide bonds. The van der Waals surface area contributed by atoms with Crippen LogP contribution in [-0.2, 0) is 14.4 Å². The fourth-order valence-corrected chi connectivity index (χ4v) is 3.38. The molecule has 0 aliphatic heterocycles. The van der Waals surface area contributed by atoms with Gasteiger partial charge in [-0.25, -0.2) is 4.79 Å². The number of oxime groups is 1. The Kier molecular flexibility index (Phi) is 8.12. The summed E-state index contributed by atoms with van der Waals surface area (Å²) in [7, 11) is 1.61. The van der Waals surface area contributed by atoms with Gasteiger partial charge in [0.1, 0.15) is 11.5 Å². The third-order valence-electron chi connectivity index (χ3n) is 3.34. The van der Waals surface area contributed by atoms with Gasteiger partial charge in [0.2, 0.25) is 6.10 Å². The van der Waals surface area contributed by atoms with E-state index in [-0.39, 0.29) is 0 Å². The van der Waals surface area contributed by atoms with E-state index >= 15 is 0 Å². The van der Waals surface area contributed by atoms with Crippen LogP contribution in [-0.4, -0.2) is 32.0 Å². The predicted octanol–water partition coefficient (Wildman–Crippen LogP) is 5.31. The zero-order valence-electron chi connectivity index (χ0n) is 15.1. The summed E-state index contributed by atoms with van der Waals surface area (Å²) in [5.41, 5.74) is 0.756. The number of methoxy groups -OCH3 is 1. The number of benzene rings is 2. The Morgan fingerprint density at radius 2 is 1.74 bits per heavy atom. The van der Waals surface area contributed by atoms with Crippen molar-refractivity contribution in [2.24, 2.45) is 5.16 Å². The van der Waals surface area contributed by atoms with Crippen molar-refractivity contribution in [2.75, 3.05) is 13.7 Å². The summed E-state index contributed by atoms with van der Waals surface area (Å²) in [6, 6.07) is 10.9. The Morgan fingerprint density at radius 1 is 1.15 bits per heavy atom. The van der Waals surface area contributed by atoms with E-state index in [1.165, 1.54) is 6.21 Å². The van der Waals surface area contributed by atoms with Crippen LogP contribution in [0.3, 0.4) is 0 Å². The first-order valence-corrected chi connectivity index (χ1v) is 9.70. The average molecular weight is 501 g/mol. The number of esters is 1. The van der Waals surface area contributed by atoms with Crippen LogP contribution in [0.25, 0.3) is 0 Å². The molecule has 1 unspecified atom stereocenters. The van der Waals surface area contributed by atoms with E-state index in [0.29, 0.717) is 18.1 Å². The molecule has 2 aromatic carbocycles. The van der Waals surface area contributed by atoms with Crippen molar-refractivity contribution in [2.45, 2.75) is 20.0 Å². The molecule has 0 bridgehead atoms. The Hall–Kier alpha value is -2.06. The quantitative estimate of drug-likeness (QED) is 0.279. The molecule has 0 saturated heterocycles.